The van der Waals surface area contributed by atoms with Crippen molar-refractivity contribution in [2.24, 2.45) is 0 Å². The first kappa shape index (κ1) is 25.1. The molecule has 36 heavy (non-hydrogen) atoms. The number of anilines is 1. The lowest BCUT2D eigenvalue weighted by Crippen LogP contribution is -2.21. The molecule has 6 nitrogen and oxygen atoms in total. The largest absolute Gasteiger partial charge is 0.484 e. The molecule has 186 valence electrons. The first-order chi connectivity index (χ1) is 17.0. The number of alkyl halides is 3. The van der Waals surface area contributed by atoms with E-state index >= 15 is 0 Å². The third-order valence-corrected chi connectivity index (χ3v) is 5.69. The van der Waals surface area contributed by atoms with Gasteiger partial charge in [-0.2, -0.15) is 13.2 Å². The maximum absolute atomic E-state index is 13.8. The maximum Gasteiger partial charge on any atom is 0.453 e. The summed E-state index contributed by atoms with van der Waals surface area (Å²) in [6, 6.07) is 14.9. The average Bonchev–Trinajstić information content (AvgIpc) is 2.83. The van der Waals surface area contributed by atoms with Gasteiger partial charge in [-0.3, -0.25) is 9.59 Å². The van der Waals surface area contributed by atoms with E-state index in [1.54, 1.807) is 18.2 Å². The van der Waals surface area contributed by atoms with E-state index in [2.05, 4.69) is 5.32 Å². The van der Waals surface area contributed by atoms with Gasteiger partial charge in [0.1, 0.15) is 17.1 Å². The summed E-state index contributed by atoms with van der Waals surface area (Å²) in [5.41, 5.74) is 1.09. The Morgan fingerprint density at radius 2 is 1.81 bits per heavy atom. The Morgan fingerprint density at radius 1 is 1.06 bits per heavy atom. The second-order valence-electron chi connectivity index (χ2n) is 7.86. The number of halogens is 4. The highest BCUT2D eigenvalue weighted by atomic mass is 35.5. The molecular formula is C26H19ClF3NO5. The lowest BCUT2D eigenvalue weighted by molar-refractivity contribution is -0.154. The third kappa shape index (κ3) is 5.31. The van der Waals surface area contributed by atoms with E-state index in [0.29, 0.717) is 5.69 Å². The number of fused-ring (bicyclic) bond motifs is 1. The van der Waals surface area contributed by atoms with Crippen molar-refractivity contribution < 1.29 is 31.9 Å². The van der Waals surface area contributed by atoms with Gasteiger partial charge in [0.15, 0.2) is 6.61 Å². The van der Waals surface area contributed by atoms with Gasteiger partial charge in [0.2, 0.25) is 11.2 Å². The number of carbonyl (C=O) groups excluding carboxylic acids is 1. The molecule has 0 radical (unpaired) electrons. The van der Waals surface area contributed by atoms with Gasteiger partial charge in [0.05, 0.1) is 10.4 Å². The van der Waals surface area contributed by atoms with Crippen molar-refractivity contribution >= 4 is 34.2 Å². The number of para-hydroxylation sites is 1. The summed E-state index contributed by atoms with van der Waals surface area (Å²) in [4.78, 5) is 25.2. The fraction of sp³-hybridized carbons (Fsp3) is 0.154. The predicted octanol–water partition coefficient (Wildman–Crippen LogP) is 6.89. The van der Waals surface area contributed by atoms with Crippen molar-refractivity contribution in [3.63, 3.8) is 0 Å². The first-order valence-electron chi connectivity index (χ1n) is 10.6. The zero-order valence-corrected chi connectivity index (χ0v) is 19.8. The zero-order chi connectivity index (χ0) is 26.0. The highest BCUT2D eigenvalue weighted by Crippen LogP contribution is 2.39. The molecule has 0 saturated carbocycles. The molecule has 0 fully saturated rings. The molecule has 3 aromatic carbocycles. The Balaban J connectivity index is 1.61. The number of hydrogen-bond acceptors (Lipinski definition) is 5. The van der Waals surface area contributed by atoms with Gasteiger partial charge in [0, 0.05) is 11.8 Å². The van der Waals surface area contributed by atoms with Crippen LogP contribution >= 0.6 is 11.6 Å². The quantitative estimate of drug-likeness (QED) is 0.301. The highest BCUT2D eigenvalue weighted by molar-refractivity contribution is 6.32. The van der Waals surface area contributed by atoms with Gasteiger partial charge in [-0.05, 0) is 55.3 Å². The van der Waals surface area contributed by atoms with E-state index in [-0.39, 0.29) is 27.5 Å². The van der Waals surface area contributed by atoms with Crippen LogP contribution in [0, 0.1) is 13.8 Å². The molecule has 0 aliphatic rings. The van der Waals surface area contributed by atoms with Gasteiger partial charge in [-0.25, -0.2) is 0 Å². The van der Waals surface area contributed by atoms with Gasteiger partial charge in [-0.15, -0.1) is 0 Å². The van der Waals surface area contributed by atoms with Crippen molar-refractivity contribution in [1.29, 1.82) is 0 Å². The van der Waals surface area contributed by atoms with Crippen LogP contribution in [0.1, 0.15) is 16.9 Å². The molecule has 1 amide bonds. The number of nitrogens with one attached hydrogen (secondary N) is 1. The van der Waals surface area contributed by atoms with Crippen molar-refractivity contribution in [1.82, 2.24) is 0 Å². The minimum absolute atomic E-state index is 0.0213. The third-order valence-electron chi connectivity index (χ3n) is 5.38. The number of carbonyl (C=O) groups is 1. The zero-order valence-electron chi connectivity index (χ0n) is 19.0. The molecular weight excluding hydrogens is 499 g/mol. The molecule has 0 saturated heterocycles. The molecule has 0 unspecified atom stereocenters. The van der Waals surface area contributed by atoms with E-state index in [4.69, 9.17) is 25.5 Å². The monoisotopic (exact) mass is 517 g/mol. The van der Waals surface area contributed by atoms with Crippen LogP contribution in [0.4, 0.5) is 18.9 Å². The molecule has 0 spiro atoms. The van der Waals surface area contributed by atoms with E-state index in [9.17, 15) is 22.8 Å². The number of hydrogen-bond donors (Lipinski definition) is 1. The highest BCUT2D eigenvalue weighted by Gasteiger charge is 2.40. The Morgan fingerprint density at radius 3 is 2.53 bits per heavy atom. The van der Waals surface area contributed by atoms with E-state index in [1.807, 2.05) is 19.9 Å². The van der Waals surface area contributed by atoms with Crippen LogP contribution < -0.4 is 20.2 Å². The van der Waals surface area contributed by atoms with Crippen LogP contribution in [-0.4, -0.2) is 12.5 Å². The van der Waals surface area contributed by atoms with Crippen molar-refractivity contribution in [3.8, 4) is 17.2 Å². The maximum atomic E-state index is 13.8. The lowest BCUT2D eigenvalue weighted by atomic mass is 10.1. The van der Waals surface area contributed by atoms with Crippen LogP contribution in [0.2, 0.25) is 5.02 Å². The Hall–Kier alpha value is -3.98. The minimum atomic E-state index is -5.04. The Bertz CT molecular complexity index is 1510. The second kappa shape index (κ2) is 9.94. The minimum Gasteiger partial charge on any atom is -0.484 e. The summed E-state index contributed by atoms with van der Waals surface area (Å²) in [6.07, 6.45) is -5.04. The van der Waals surface area contributed by atoms with Crippen molar-refractivity contribution in [3.05, 3.63) is 92.8 Å². The summed E-state index contributed by atoms with van der Waals surface area (Å²) in [7, 11) is 0. The summed E-state index contributed by atoms with van der Waals surface area (Å²) < 4.78 is 57.0. The Kier molecular flexibility index (Phi) is 6.94. The van der Waals surface area contributed by atoms with Crippen molar-refractivity contribution in [2.75, 3.05) is 11.9 Å². The van der Waals surface area contributed by atoms with Crippen LogP contribution in [0.5, 0.6) is 17.2 Å². The fourth-order valence-electron chi connectivity index (χ4n) is 3.38. The number of rotatable bonds is 6. The van der Waals surface area contributed by atoms with Gasteiger partial charge < -0.3 is 19.2 Å². The molecule has 1 aromatic heterocycles. The summed E-state index contributed by atoms with van der Waals surface area (Å²) in [5.74, 6) is -3.22. The fourth-order valence-corrected chi connectivity index (χ4v) is 3.56. The first-order valence-corrected chi connectivity index (χ1v) is 11.0. The molecule has 1 N–H and O–H groups in total. The van der Waals surface area contributed by atoms with E-state index in [1.165, 1.54) is 30.3 Å². The Labute approximate surface area is 208 Å². The van der Waals surface area contributed by atoms with Crippen LogP contribution in [-0.2, 0) is 11.0 Å². The van der Waals surface area contributed by atoms with Crippen molar-refractivity contribution in [2.45, 2.75) is 20.0 Å². The molecule has 0 aliphatic heterocycles. The normalized spacial score (nSPS) is 11.4. The van der Waals surface area contributed by atoms with E-state index < -0.39 is 35.6 Å². The van der Waals surface area contributed by atoms with E-state index in [0.717, 1.165) is 17.2 Å². The average molecular weight is 518 g/mol. The lowest BCUT2D eigenvalue weighted by Gasteiger charge is -2.14. The molecule has 0 bridgehead atoms. The van der Waals surface area contributed by atoms with Crippen LogP contribution in [0.15, 0.2) is 69.9 Å². The molecule has 4 aromatic rings. The summed E-state index contributed by atoms with van der Waals surface area (Å²) in [5, 5.41) is 2.57. The topological polar surface area (TPSA) is 77.8 Å². The van der Waals surface area contributed by atoms with Gasteiger partial charge in [0.25, 0.3) is 11.7 Å². The van der Waals surface area contributed by atoms with Gasteiger partial charge >= 0.3 is 6.18 Å². The predicted molar refractivity (Wildman–Crippen MR) is 129 cm³/mol. The summed E-state index contributed by atoms with van der Waals surface area (Å²) >= 11 is 5.97. The molecule has 4 rings (SSSR count). The standard InChI is InChI=1S/C26H19ClF3NO5/c1-14-6-5-8-19(15(14)2)31-22(32)13-34-16-10-11-17-21(12-16)36-25(26(28,29)30)24(23(17)33)35-20-9-4-3-7-18(20)27/h3-12H,13H2,1-2H3,(H,31,32). The van der Waals surface area contributed by atoms with Gasteiger partial charge in [-0.1, -0.05) is 35.9 Å². The SMILES string of the molecule is Cc1cccc(NC(=O)COc2ccc3c(=O)c(Oc4ccccc4Cl)c(C(F)(F)F)oc3c2)c1C. The van der Waals surface area contributed by atoms with Crippen LogP contribution in [0.3, 0.4) is 0 Å². The number of amides is 1. The van der Waals surface area contributed by atoms with Crippen LogP contribution in [0.25, 0.3) is 11.0 Å². The molecule has 1 heterocycles. The molecule has 0 aliphatic carbocycles. The number of ether oxygens (including phenoxy) is 2. The molecule has 0 atom stereocenters. The molecule has 10 heteroatoms. The summed E-state index contributed by atoms with van der Waals surface area (Å²) in [6.45, 7) is 3.35. The number of aryl methyl sites for hydroxylation is 1. The smallest absolute Gasteiger partial charge is 0.453 e. The second-order valence-corrected chi connectivity index (χ2v) is 8.27. The number of benzene rings is 3.